The second-order valence-corrected chi connectivity index (χ2v) is 5.62. The van der Waals surface area contributed by atoms with Gasteiger partial charge in [-0.3, -0.25) is 14.4 Å². The Balaban J connectivity index is 1.69. The van der Waals surface area contributed by atoms with Crippen LogP contribution in [-0.4, -0.2) is 29.8 Å². The molecule has 2 saturated heterocycles. The Kier molecular flexibility index (Phi) is 2.44. The molecule has 0 unspecified atom stereocenters. The first-order valence-corrected chi connectivity index (χ1v) is 6.90. The van der Waals surface area contributed by atoms with E-state index in [1.165, 1.54) is 11.8 Å². The monoisotopic (exact) mass is 283 g/mol. The molecule has 0 spiro atoms. The summed E-state index contributed by atoms with van der Waals surface area (Å²) < 4.78 is 5.59. The van der Waals surface area contributed by atoms with Crippen LogP contribution in [0.3, 0.4) is 0 Å². The second-order valence-electron chi connectivity index (χ2n) is 5.62. The number of amides is 2. The first-order chi connectivity index (χ1) is 10.1. The Bertz CT molecular complexity index is 661. The number of rotatable bonds is 2. The molecule has 0 aliphatic carbocycles. The zero-order chi connectivity index (χ0) is 14.7. The molecular weight excluding hydrogens is 270 g/mol. The minimum atomic E-state index is -0.403. The normalized spacial score (nSPS) is 32.9. The molecular formula is C16H13NO4. The van der Waals surface area contributed by atoms with E-state index in [2.05, 4.69) is 0 Å². The summed E-state index contributed by atoms with van der Waals surface area (Å²) in [5.41, 5.74) is 1.08. The van der Waals surface area contributed by atoms with Crippen molar-refractivity contribution in [1.82, 2.24) is 0 Å². The Morgan fingerprint density at radius 2 is 1.52 bits per heavy atom. The highest BCUT2D eigenvalue weighted by molar-refractivity contribution is 6.23. The average molecular weight is 283 g/mol. The van der Waals surface area contributed by atoms with E-state index >= 15 is 0 Å². The number of benzene rings is 1. The average Bonchev–Trinajstić information content (AvgIpc) is 3.13. The molecule has 0 aromatic heterocycles. The van der Waals surface area contributed by atoms with Gasteiger partial charge in [0.2, 0.25) is 11.8 Å². The first-order valence-electron chi connectivity index (χ1n) is 6.90. The first kappa shape index (κ1) is 12.5. The topological polar surface area (TPSA) is 63.7 Å². The van der Waals surface area contributed by atoms with E-state index in [9.17, 15) is 14.4 Å². The number of carbonyl (C=O) groups excluding carboxylic acids is 3. The molecule has 3 heterocycles. The number of Topliss-reactive ketones (excluding diaryl/α,β-unsaturated/α-hetero) is 1. The van der Waals surface area contributed by atoms with Gasteiger partial charge in [-0.05, 0) is 31.2 Å². The van der Waals surface area contributed by atoms with Crippen molar-refractivity contribution in [1.29, 1.82) is 0 Å². The van der Waals surface area contributed by atoms with Gasteiger partial charge < -0.3 is 4.74 Å². The van der Waals surface area contributed by atoms with Gasteiger partial charge in [-0.2, -0.15) is 0 Å². The van der Waals surface area contributed by atoms with Crippen LogP contribution in [0.5, 0.6) is 0 Å². The maximum atomic E-state index is 12.5. The molecule has 0 radical (unpaired) electrons. The zero-order valence-electron chi connectivity index (χ0n) is 11.4. The molecule has 5 heteroatoms. The highest BCUT2D eigenvalue weighted by atomic mass is 16.5. The van der Waals surface area contributed by atoms with Crippen LogP contribution in [-0.2, 0) is 14.3 Å². The van der Waals surface area contributed by atoms with Gasteiger partial charge in [0.15, 0.2) is 5.78 Å². The molecule has 0 N–H and O–H groups in total. The Hall–Kier alpha value is -2.27. The van der Waals surface area contributed by atoms with Crippen LogP contribution in [0.25, 0.3) is 0 Å². The summed E-state index contributed by atoms with van der Waals surface area (Å²) in [6.45, 7) is 1.48. The molecule has 21 heavy (non-hydrogen) atoms. The summed E-state index contributed by atoms with van der Waals surface area (Å²) in [5, 5.41) is 0. The maximum Gasteiger partial charge on any atom is 0.240 e. The Morgan fingerprint density at radius 1 is 1.00 bits per heavy atom. The summed E-state index contributed by atoms with van der Waals surface area (Å²) in [7, 11) is 0. The molecule has 1 aromatic rings. The third kappa shape index (κ3) is 1.58. The summed E-state index contributed by atoms with van der Waals surface area (Å²) in [4.78, 5) is 37.6. The number of anilines is 1. The highest BCUT2D eigenvalue weighted by Gasteiger charge is 2.60. The van der Waals surface area contributed by atoms with Crippen molar-refractivity contribution in [2.75, 3.05) is 4.90 Å². The van der Waals surface area contributed by atoms with Gasteiger partial charge in [-0.15, -0.1) is 0 Å². The molecule has 3 aliphatic rings. The molecule has 3 aliphatic heterocycles. The summed E-state index contributed by atoms with van der Waals surface area (Å²) in [5.74, 6) is -1.28. The largest absolute Gasteiger partial charge is 0.365 e. The third-order valence-electron chi connectivity index (χ3n) is 4.44. The molecule has 2 fully saturated rings. The lowest BCUT2D eigenvalue weighted by Gasteiger charge is -2.17. The van der Waals surface area contributed by atoms with Gasteiger partial charge in [-0.1, -0.05) is 12.2 Å². The second kappa shape index (κ2) is 4.11. The molecule has 1 aromatic carbocycles. The van der Waals surface area contributed by atoms with E-state index in [1.807, 2.05) is 12.2 Å². The summed E-state index contributed by atoms with van der Waals surface area (Å²) in [6.07, 6.45) is 3.16. The number of ketones is 1. The van der Waals surface area contributed by atoms with Gasteiger partial charge in [-0.25, -0.2) is 4.90 Å². The van der Waals surface area contributed by atoms with Crippen LogP contribution in [0.2, 0.25) is 0 Å². The molecule has 106 valence electrons. The van der Waals surface area contributed by atoms with Gasteiger partial charge in [0.05, 0.1) is 29.7 Å². The van der Waals surface area contributed by atoms with E-state index in [0.717, 1.165) is 0 Å². The van der Waals surface area contributed by atoms with Crippen LogP contribution >= 0.6 is 0 Å². The Labute approximate surface area is 121 Å². The van der Waals surface area contributed by atoms with Crippen molar-refractivity contribution in [3.05, 3.63) is 42.0 Å². The lowest BCUT2D eigenvalue weighted by molar-refractivity contribution is -0.124. The molecule has 2 amide bonds. The van der Waals surface area contributed by atoms with Crippen LogP contribution in [0.15, 0.2) is 36.4 Å². The number of imide groups is 1. The van der Waals surface area contributed by atoms with E-state index in [0.29, 0.717) is 11.3 Å². The van der Waals surface area contributed by atoms with E-state index < -0.39 is 11.8 Å². The van der Waals surface area contributed by atoms with Crippen molar-refractivity contribution < 1.29 is 19.1 Å². The van der Waals surface area contributed by atoms with E-state index in [4.69, 9.17) is 4.74 Å². The van der Waals surface area contributed by atoms with Crippen LogP contribution in [0, 0.1) is 11.8 Å². The number of fused-ring (bicyclic) bond motifs is 5. The van der Waals surface area contributed by atoms with Gasteiger partial charge in [0, 0.05) is 5.56 Å². The maximum absolute atomic E-state index is 12.5. The lowest BCUT2D eigenvalue weighted by atomic mass is 9.85. The van der Waals surface area contributed by atoms with E-state index in [-0.39, 0.29) is 29.8 Å². The van der Waals surface area contributed by atoms with Gasteiger partial charge >= 0.3 is 0 Å². The van der Waals surface area contributed by atoms with Gasteiger partial charge in [0.25, 0.3) is 0 Å². The smallest absolute Gasteiger partial charge is 0.240 e. The molecule has 0 saturated carbocycles. The predicted molar refractivity (Wildman–Crippen MR) is 73.7 cm³/mol. The van der Waals surface area contributed by atoms with Crippen LogP contribution in [0.4, 0.5) is 5.69 Å². The van der Waals surface area contributed by atoms with Crippen LogP contribution < -0.4 is 4.90 Å². The zero-order valence-corrected chi connectivity index (χ0v) is 11.4. The fourth-order valence-corrected chi connectivity index (χ4v) is 3.40. The fraction of sp³-hybridized carbons (Fsp3) is 0.312. The quantitative estimate of drug-likeness (QED) is 0.466. The number of nitrogens with zero attached hydrogens (tertiary/aromatic N) is 1. The SMILES string of the molecule is CC(=O)c1ccc(N2C(=O)[C@@H]3[C@H](C2=O)[C@@H]2C=C[C@H]3O2)cc1. The number of hydrogen-bond acceptors (Lipinski definition) is 4. The van der Waals surface area contributed by atoms with Crippen molar-refractivity contribution in [3.63, 3.8) is 0 Å². The minimum absolute atomic E-state index is 0.0480. The van der Waals surface area contributed by atoms with Crippen molar-refractivity contribution >= 4 is 23.3 Å². The predicted octanol–water partition coefficient (Wildman–Crippen LogP) is 1.33. The molecule has 2 bridgehead atoms. The number of hydrogen-bond donors (Lipinski definition) is 0. The molecule has 4 atom stereocenters. The molecule has 5 nitrogen and oxygen atoms in total. The number of carbonyl (C=O) groups is 3. The standard InChI is InChI=1S/C16H13NO4/c1-8(18)9-2-4-10(5-3-9)17-15(19)13-11-6-7-12(21-11)14(13)16(17)20/h2-7,11-14H,1H3/t11-,12+,13+,14-. The summed E-state index contributed by atoms with van der Waals surface area (Å²) >= 11 is 0. The number of ether oxygens (including phenoxy) is 1. The molecule has 4 rings (SSSR count). The van der Waals surface area contributed by atoms with Gasteiger partial charge in [0.1, 0.15) is 0 Å². The third-order valence-corrected chi connectivity index (χ3v) is 4.44. The van der Waals surface area contributed by atoms with Crippen molar-refractivity contribution in [2.24, 2.45) is 11.8 Å². The lowest BCUT2D eigenvalue weighted by Crippen LogP contribution is -2.34. The summed E-state index contributed by atoms with van der Waals surface area (Å²) in [6, 6.07) is 6.55. The fourth-order valence-electron chi connectivity index (χ4n) is 3.40. The Morgan fingerprint density at radius 3 is 2.00 bits per heavy atom. The highest BCUT2D eigenvalue weighted by Crippen LogP contribution is 2.46. The minimum Gasteiger partial charge on any atom is -0.365 e. The van der Waals surface area contributed by atoms with Crippen molar-refractivity contribution in [2.45, 2.75) is 19.1 Å². The van der Waals surface area contributed by atoms with Crippen LogP contribution in [0.1, 0.15) is 17.3 Å². The van der Waals surface area contributed by atoms with E-state index in [1.54, 1.807) is 24.3 Å². The van der Waals surface area contributed by atoms with Crippen molar-refractivity contribution in [3.8, 4) is 0 Å².